The Labute approximate surface area is 128 Å². The lowest BCUT2D eigenvalue weighted by Gasteiger charge is -2.31. The quantitative estimate of drug-likeness (QED) is 0.787. The van der Waals surface area contributed by atoms with Crippen molar-refractivity contribution in [2.75, 3.05) is 16.8 Å². The fourth-order valence-electron chi connectivity index (χ4n) is 2.31. The molecule has 7 nitrogen and oxygen atoms in total. The molecule has 3 amide bonds. The number of anilines is 2. The number of carboxylic acids is 1. The van der Waals surface area contributed by atoms with Crippen molar-refractivity contribution in [1.29, 1.82) is 0 Å². The number of hydrogen-bond acceptors (Lipinski definition) is 3. The van der Waals surface area contributed by atoms with Gasteiger partial charge in [0.2, 0.25) is 5.91 Å². The number of carbonyl (C=O) groups excluding carboxylic acids is 2. The number of benzene rings is 1. The molecular formula is C15H19N3O4. The first kappa shape index (κ1) is 15.8. The first-order chi connectivity index (χ1) is 10.4. The third kappa shape index (κ3) is 3.19. The molecule has 7 heteroatoms. The summed E-state index contributed by atoms with van der Waals surface area (Å²) in [5.41, 5.74) is 1.08. The molecule has 0 saturated heterocycles. The summed E-state index contributed by atoms with van der Waals surface area (Å²) in [7, 11) is 0. The predicted molar refractivity (Wildman–Crippen MR) is 81.8 cm³/mol. The third-order valence-electron chi connectivity index (χ3n) is 3.77. The minimum Gasteiger partial charge on any atom is -0.480 e. The van der Waals surface area contributed by atoms with E-state index in [1.54, 1.807) is 31.2 Å². The van der Waals surface area contributed by atoms with Crippen LogP contribution in [0.1, 0.15) is 20.3 Å². The van der Waals surface area contributed by atoms with Crippen molar-refractivity contribution in [3.63, 3.8) is 0 Å². The zero-order chi connectivity index (χ0) is 16.3. The van der Waals surface area contributed by atoms with Crippen LogP contribution in [0.4, 0.5) is 16.2 Å². The highest BCUT2D eigenvalue weighted by atomic mass is 16.4. The summed E-state index contributed by atoms with van der Waals surface area (Å²) >= 11 is 0. The highest BCUT2D eigenvalue weighted by Crippen LogP contribution is 2.28. The maximum absolute atomic E-state index is 12.4. The Bertz CT molecular complexity index is 602. The van der Waals surface area contributed by atoms with Crippen molar-refractivity contribution in [2.24, 2.45) is 5.92 Å². The fraction of sp³-hybridized carbons (Fsp3) is 0.400. The van der Waals surface area contributed by atoms with Gasteiger partial charge in [0.15, 0.2) is 0 Å². The molecule has 1 aromatic carbocycles. The molecule has 0 aromatic heterocycles. The molecule has 1 aliphatic heterocycles. The van der Waals surface area contributed by atoms with Crippen LogP contribution in [-0.2, 0) is 9.59 Å². The van der Waals surface area contributed by atoms with Crippen LogP contribution in [0, 0.1) is 5.92 Å². The average Bonchev–Trinajstić information content (AvgIpc) is 2.50. The molecule has 0 bridgehead atoms. The van der Waals surface area contributed by atoms with E-state index in [1.807, 2.05) is 6.92 Å². The van der Waals surface area contributed by atoms with Crippen LogP contribution >= 0.6 is 0 Å². The molecule has 0 spiro atoms. The normalized spacial score (nSPS) is 16.3. The molecule has 1 heterocycles. The summed E-state index contributed by atoms with van der Waals surface area (Å²) in [6, 6.07) is 5.31. The zero-order valence-electron chi connectivity index (χ0n) is 12.5. The van der Waals surface area contributed by atoms with Crippen LogP contribution in [-0.4, -0.2) is 35.6 Å². The number of hydrogen-bond donors (Lipinski definition) is 3. The topological polar surface area (TPSA) is 98.7 Å². The monoisotopic (exact) mass is 305 g/mol. The SMILES string of the molecule is CCC(C)[C@H](NC(=O)N1CC(=O)Nc2ccccc21)C(=O)O. The highest BCUT2D eigenvalue weighted by molar-refractivity contribution is 6.09. The molecule has 22 heavy (non-hydrogen) atoms. The Morgan fingerprint density at radius 2 is 2.09 bits per heavy atom. The summed E-state index contributed by atoms with van der Waals surface area (Å²) in [5.74, 6) is -1.61. The van der Waals surface area contributed by atoms with Crippen molar-refractivity contribution >= 4 is 29.3 Å². The van der Waals surface area contributed by atoms with Gasteiger partial charge in [0.25, 0.3) is 0 Å². The van der Waals surface area contributed by atoms with E-state index in [0.717, 1.165) is 0 Å². The van der Waals surface area contributed by atoms with E-state index in [9.17, 15) is 19.5 Å². The number of rotatable bonds is 4. The van der Waals surface area contributed by atoms with E-state index in [1.165, 1.54) is 4.90 Å². The smallest absolute Gasteiger partial charge is 0.326 e. The van der Waals surface area contributed by atoms with Crippen molar-refractivity contribution in [3.05, 3.63) is 24.3 Å². The Balaban J connectivity index is 2.22. The maximum atomic E-state index is 12.4. The molecule has 0 radical (unpaired) electrons. The number of para-hydroxylation sites is 2. The van der Waals surface area contributed by atoms with Crippen LogP contribution in [0.25, 0.3) is 0 Å². The Morgan fingerprint density at radius 3 is 2.73 bits per heavy atom. The van der Waals surface area contributed by atoms with Gasteiger partial charge in [-0.2, -0.15) is 0 Å². The number of carboxylic acid groups (broad SMARTS) is 1. The Morgan fingerprint density at radius 1 is 1.41 bits per heavy atom. The van der Waals surface area contributed by atoms with Gasteiger partial charge >= 0.3 is 12.0 Å². The van der Waals surface area contributed by atoms with E-state index in [4.69, 9.17) is 0 Å². The molecule has 0 fully saturated rings. The van der Waals surface area contributed by atoms with Gasteiger partial charge in [-0.25, -0.2) is 9.59 Å². The van der Waals surface area contributed by atoms with Gasteiger partial charge in [0, 0.05) is 0 Å². The second kappa shape index (κ2) is 6.46. The van der Waals surface area contributed by atoms with E-state index >= 15 is 0 Å². The summed E-state index contributed by atoms with van der Waals surface area (Å²) in [6.07, 6.45) is 0.619. The molecule has 2 atom stereocenters. The van der Waals surface area contributed by atoms with Gasteiger partial charge in [-0.1, -0.05) is 32.4 Å². The lowest BCUT2D eigenvalue weighted by molar-refractivity contribution is -0.140. The van der Waals surface area contributed by atoms with Crippen LogP contribution in [0.5, 0.6) is 0 Å². The maximum Gasteiger partial charge on any atom is 0.326 e. The molecule has 0 aliphatic carbocycles. The van der Waals surface area contributed by atoms with Gasteiger partial charge in [0.05, 0.1) is 11.4 Å². The number of nitrogens with one attached hydrogen (secondary N) is 2. The van der Waals surface area contributed by atoms with Crippen molar-refractivity contribution in [2.45, 2.75) is 26.3 Å². The summed E-state index contributed by atoms with van der Waals surface area (Å²) in [5, 5.41) is 14.4. The van der Waals surface area contributed by atoms with Crippen molar-refractivity contribution in [3.8, 4) is 0 Å². The molecule has 1 aliphatic rings. The Kier molecular flexibility index (Phi) is 4.65. The van der Waals surface area contributed by atoms with Crippen molar-refractivity contribution < 1.29 is 19.5 Å². The third-order valence-corrected chi connectivity index (χ3v) is 3.77. The molecule has 0 saturated carbocycles. The average molecular weight is 305 g/mol. The van der Waals surface area contributed by atoms with Gasteiger partial charge in [0.1, 0.15) is 12.6 Å². The van der Waals surface area contributed by atoms with Crippen LogP contribution in [0.3, 0.4) is 0 Å². The minimum atomic E-state index is -1.09. The molecule has 118 valence electrons. The zero-order valence-corrected chi connectivity index (χ0v) is 12.5. The first-order valence-corrected chi connectivity index (χ1v) is 7.13. The number of fused-ring (bicyclic) bond motifs is 1. The lowest BCUT2D eigenvalue weighted by Crippen LogP contribution is -2.53. The van der Waals surface area contributed by atoms with E-state index in [-0.39, 0.29) is 18.4 Å². The molecule has 3 N–H and O–H groups in total. The molecule has 1 aromatic rings. The Hall–Kier alpha value is -2.57. The first-order valence-electron chi connectivity index (χ1n) is 7.13. The molecular weight excluding hydrogens is 286 g/mol. The second-order valence-corrected chi connectivity index (χ2v) is 5.30. The minimum absolute atomic E-state index is 0.143. The summed E-state index contributed by atoms with van der Waals surface area (Å²) < 4.78 is 0. The van der Waals surface area contributed by atoms with E-state index in [2.05, 4.69) is 10.6 Å². The van der Waals surface area contributed by atoms with E-state index in [0.29, 0.717) is 17.8 Å². The number of amides is 3. The standard InChI is InChI=1S/C15H19N3O4/c1-3-9(2)13(14(20)21)17-15(22)18-8-12(19)16-10-6-4-5-7-11(10)18/h4-7,9,13H,3,8H2,1-2H3,(H,16,19)(H,17,22)(H,20,21)/t9?,13-/m0/s1. The second-order valence-electron chi connectivity index (χ2n) is 5.30. The lowest BCUT2D eigenvalue weighted by atomic mass is 9.99. The van der Waals surface area contributed by atoms with Crippen LogP contribution in [0.2, 0.25) is 0 Å². The van der Waals surface area contributed by atoms with E-state index < -0.39 is 18.0 Å². The van der Waals surface area contributed by atoms with Gasteiger partial charge in [-0.3, -0.25) is 9.69 Å². The van der Waals surface area contributed by atoms with Crippen LogP contribution < -0.4 is 15.5 Å². The van der Waals surface area contributed by atoms with Crippen LogP contribution in [0.15, 0.2) is 24.3 Å². The number of nitrogens with zero attached hydrogens (tertiary/aromatic N) is 1. The number of urea groups is 1. The number of carbonyl (C=O) groups is 3. The largest absolute Gasteiger partial charge is 0.480 e. The van der Waals surface area contributed by atoms with Gasteiger partial charge in [-0.05, 0) is 18.1 Å². The predicted octanol–water partition coefficient (Wildman–Crippen LogP) is 1.65. The highest BCUT2D eigenvalue weighted by Gasteiger charge is 2.31. The van der Waals surface area contributed by atoms with Gasteiger partial charge < -0.3 is 15.7 Å². The van der Waals surface area contributed by atoms with Gasteiger partial charge in [-0.15, -0.1) is 0 Å². The molecule has 2 rings (SSSR count). The summed E-state index contributed by atoms with van der Waals surface area (Å²) in [6.45, 7) is 3.47. The summed E-state index contributed by atoms with van der Waals surface area (Å²) in [4.78, 5) is 36.7. The number of aliphatic carboxylic acids is 1. The molecule has 1 unspecified atom stereocenters. The van der Waals surface area contributed by atoms with Crippen molar-refractivity contribution in [1.82, 2.24) is 5.32 Å². The fourth-order valence-corrected chi connectivity index (χ4v) is 2.31.